The van der Waals surface area contributed by atoms with Crippen molar-refractivity contribution in [3.8, 4) is 11.4 Å². The van der Waals surface area contributed by atoms with Gasteiger partial charge in [-0.2, -0.15) is 0 Å². The summed E-state index contributed by atoms with van der Waals surface area (Å²) in [6, 6.07) is 48.1. The van der Waals surface area contributed by atoms with E-state index in [1.54, 1.807) is 0 Å². The summed E-state index contributed by atoms with van der Waals surface area (Å²) in [6.45, 7) is 0. The lowest BCUT2D eigenvalue weighted by atomic mass is 9.99. The van der Waals surface area contributed by atoms with E-state index in [-0.39, 0.29) is 0 Å². The molecule has 43 heavy (non-hydrogen) atoms. The van der Waals surface area contributed by atoms with Gasteiger partial charge in [-0.05, 0) is 48.5 Å². The van der Waals surface area contributed by atoms with Gasteiger partial charge in [0.2, 0.25) is 0 Å². The van der Waals surface area contributed by atoms with Gasteiger partial charge < -0.3 is 9.13 Å². The van der Waals surface area contributed by atoms with Crippen LogP contribution in [0.5, 0.6) is 0 Å². The summed E-state index contributed by atoms with van der Waals surface area (Å²) < 4.78 is 7.12. The van der Waals surface area contributed by atoms with Crippen LogP contribution in [0.1, 0.15) is 0 Å². The summed E-state index contributed by atoms with van der Waals surface area (Å²) >= 11 is 0. The Bertz CT molecular complexity index is 2710. The highest BCUT2D eigenvalue weighted by Gasteiger charge is 2.22. The van der Waals surface area contributed by atoms with E-state index in [4.69, 9.17) is 4.98 Å². The van der Waals surface area contributed by atoms with E-state index in [0.29, 0.717) is 0 Å². The minimum atomic E-state index is 0.971. The van der Waals surface area contributed by atoms with Crippen molar-refractivity contribution in [2.45, 2.75) is 0 Å². The normalized spacial score (nSPS) is 12.2. The van der Waals surface area contributed by atoms with Crippen LogP contribution in [0.15, 0.2) is 146 Å². The van der Waals surface area contributed by atoms with Crippen LogP contribution in [-0.2, 0) is 0 Å². The van der Waals surface area contributed by atoms with Crippen molar-refractivity contribution in [1.29, 1.82) is 0 Å². The van der Waals surface area contributed by atoms with Gasteiger partial charge in [0, 0.05) is 61.5 Å². The van der Waals surface area contributed by atoms with Gasteiger partial charge in [0.25, 0.3) is 0 Å². The van der Waals surface area contributed by atoms with Crippen molar-refractivity contribution in [2.75, 3.05) is 0 Å². The molecule has 200 valence electrons. The Morgan fingerprint density at radius 3 is 1.77 bits per heavy atom. The first-order valence-corrected chi connectivity index (χ1v) is 14.7. The van der Waals surface area contributed by atoms with Crippen LogP contribution in [0.2, 0.25) is 0 Å². The van der Waals surface area contributed by atoms with Gasteiger partial charge in [-0.1, -0.05) is 84.9 Å². The number of para-hydroxylation sites is 4. The Kier molecular flexibility index (Phi) is 4.42. The molecule has 0 saturated carbocycles. The average Bonchev–Trinajstić information content (AvgIpc) is 3.78. The van der Waals surface area contributed by atoms with Crippen LogP contribution in [-0.4, -0.2) is 18.5 Å². The van der Waals surface area contributed by atoms with Crippen molar-refractivity contribution in [1.82, 2.24) is 18.5 Å². The van der Waals surface area contributed by atoms with Crippen LogP contribution in [0.25, 0.3) is 82.3 Å². The molecule has 0 bridgehead atoms. The van der Waals surface area contributed by atoms with Crippen LogP contribution in [0, 0.1) is 0 Å². The zero-order valence-electron chi connectivity index (χ0n) is 23.1. The number of hydrogen-bond donors (Lipinski definition) is 0. The molecule has 0 aliphatic rings. The van der Waals surface area contributed by atoms with Gasteiger partial charge in [-0.25, -0.2) is 4.98 Å². The number of aromatic nitrogens is 4. The first-order valence-electron chi connectivity index (χ1n) is 14.7. The standard InChI is InChI=1S/C39H24N4/c1-3-11-25(12-4-1)42-33-18-10-8-16-29(33)36-34(42)22-21-30-35-31(39-40-23-24-41(39)37(30)36)20-19-28-27-15-7-9-17-32(27)43(38(28)35)26-13-5-2-6-14-26/h1-24H. The lowest BCUT2D eigenvalue weighted by Crippen LogP contribution is -1.97. The topological polar surface area (TPSA) is 27.2 Å². The summed E-state index contributed by atoms with van der Waals surface area (Å²) in [7, 11) is 0. The van der Waals surface area contributed by atoms with E-state index in [2.05, 4.69) is 153 Å². The molecule has 0 saturated heterocycles. The van der Waals surface area contributed by atoms with Crippen molar-refractivity contribution in [2.24, 2.45) is 0 Å². The predicted octanol–water partition coefficient (Wildman–Crippen LogP) is 9.83. The molecule has 4 heterocycles. The minimum Gasteiger partial charge on any atom is -0.309 e. The van der Waals surface area contributed by atoms with Gasteiger partial charge in [-0.15, -0.1) is 0 Å². The molecular formula is C39H24N4. The number of nitrogens with zero attached hydrogens (tertiary/aromatic N) is 4. The Morgan fingerprint density at radius 1 is 0.395 bits per heavy atom. The second kappa shape index (κ2) is 8.34. The maximum atomic E-state index is 4.96. The Labute approximate surface area is 246 Å². The van der Waals surface area contributed by atoms with Crippen LogP contribution in [0.3, 0.4) is 0 Å². The van der Waals surface area contributed by atoms with Crippen molar-refractivity contribution < 1.29 is 0 Å². The Balaban J connectivity index is 1.51. The number of hydrogen-bond acceptors (Lipinski definition) is 1. The molecule has 0 aliphatic carbocycles. The third-order valence-corrected chi connectivity index (χ3v) is 9.07. The molecular weight excluding hydrogens is 524 g/mol. The monoisotopic (exact) mass is 548 g/mol. The molecule has 0 spiro atoms. The highest BCUT2D eigenvalue weighted by molar-refractivity contribution is 6.32. The molecule has 4 heteroatoms. The molecule has 6 aromatic carbocycles. The predicted molar refractivity (Wildman–Crippen MR) is 179 cm³/mol. The minimum absolute atomic E-state index is 0.971. The average molecular weight is 549 g/mol. The number of benzene rings is 6. The summed E-state index contributed by atoms with van der Waals surface area (Å²) in [4.78, 5) is 4.96. The second-order valence-corrected chi connectivity index (χ2v) is 11.2. The summed E-state index contributed by atoms with van der Waals surface area (Å²) in [6.07, 6.45) is 4.04. The van der Waals surface area contributed by atoms with E-state index < -0.39 is 0 Å². The SMILES string of the molecule is c1ccc(-n2c3ccccc3c3c2ccc2c4c(ccc5c6ccccc6n(-c6ccccc6)c54)c4nccn4c23)cc1. The maximum absolute atomic E-state index is 4.96. The fraction of sp³-hybridized carbons (Fsp3) is 0. The summed E-state index contributed by atoms with van der Waals surface area (Å²) in [5.74, 6) is 0. The van der Waals surface area contributed by atoms with E-state index in [1.807, 2.05) is 6.20 Å². The number of fused-ring (bicyclic) bond motifs is 14. The molecule has 0 N–H and O–H groups in total. The molecule has 10 aromatic rings. The highest BCUT2D eigenvalue weighted by Crippen LogP contribution is 2.44. The third kappa shape index (κ3) is 2.92. The molecule has 0 atom stereocenters. The van der Waals surface area contributed by atoms with Gasteiger partial charge in [0.15, 0.2) is 0 Å². The second-order valence-electron chi connectivity index (χ2n) is 11.2. The van der Waals surface area contributed by atoms with Crippen LogP contribution >= 0.6 is 0 Å². The Morgan fingerprint density at radius 2 is 1.00 bits per heavy atom. The number of pyridine rings is 1. The van der Waals surface area contributed by atoms with Crippen molar-refractivity contribution in [3.63, 3.8) is 0 Å². The molecule has 4 nitrogen and oxygen atoms in total. The lowest BCUT2D eigenvalue weighted by Gasteiger charge is -2.14. The van der Waals surface area contributed by atoms with Gasteiger partial charge in [0.1, 0.15) is 5.65 Å². The largest absolute Gasteiger partial charge is 0.309 e. The number of rotatable bonds is 2. The zero-order chi connectivity index (χ0) is 28.1. The molecule has 0 aliphatic heterocycles. The van der Waals surface area contributed by atoms with Crippen molar-refractivity contribution >= 4 is 70.9 Å². The zero-order valence-corrected chi connectivity index (χ0v) is 23.1. The fourth-order valence-electron chi connectivity index (χ4n) is 7.39. The third-order valence-electron chi connectivity index (χ3n) is 9.07. The van der Waals surface area contributed by atoms with E-state index in [9.17, 15) is 0 Å². The van der Waals surface area contributed by atoms with E-state index in [1.165, 1.54) is 59.9 Å². The van der Waals surface area contributed by atoms with E-state index >= 15 is 0 Å². The lowest BCUT2D eigenvalue weighted by molar-refractivity contribution is 1.18. The first-order chi connectivity index (χ1) is 21.4. The summed E-state index contributed by atoms with van der Waals surface area (Å²) in [5.41, 5.74) is 9.26. The summed E-state index contributed by atoms with van der Waals surface area (Å²) in [5, 5.41) is 8.56. The number of imidazole rings is 1. The molecule has 0 radical (unpaired) electrons. The highest BCUT2D eigenvalue weighted by atomic mass is 15.0. The first kappa shape index (κ1) is 22.8. The molecule has 4 aromatic heterocycles. The van der Waals surface area contributed by atoms with Crippen LogP contribution in [0.4, 0.5) is 0 Å². The van der Waals surface area contributed by atoms with E-state index in [0.717, 1.165) is 22.4 Å². The smallest absolute Gasteiger partial charge is 0.145 e. The molecule has 0 fully saturated rings. The van der Waals surface area contributed by atoms with Gasteiger partial charge >= 0.3 is 0 Å². The maximum Gasteiger partial charge on any atom is 0.145 e. The fourth-order valence-corrected chi connectivity index (χ4v) is 7.39. The molecule has 0 amide bonds. The van der Waals surface area contributed by atoms with Crippen LogP contribution < -0.4 is 0 Å². The molecule has 10 rings (SSSR count). The van der Waals surface area contributed by atoms with Gasteiger partial charge in [-0.3, -0.25) is 4.40 Å². The quantitative estimate of drug-likeness (QED) is 0.198. The Hall–Kier alpha value is -5.87. The van der Waals surface area contributed by atoms with Gasteiger partial charge in [0.05, 0.1) is 27.6 Å². The molecule has 0 unspecified atom stereocenters. The van der Waals surface area contributed by atoms with Crippen molar-refractivity contribution in [3.05, 3.63) is 146 Å².